The van der Waals surface area contributed by atoms with E-state index in [1.165, 1.54) is 5.56 Å². The lowest BCUT2D eigenvalue weighted by molar-refractivity contribution is 0.105. The molecule has 25 heavy (non-hydrogen) atoms. The van der Waals surface area contributed by atoms with Crippen molar-refractivity contribution in [2.45, 2.75) is 31.8 Å². The molecule has 0 N–H and O–H groups in total. The Kier molecular flexibility index (Phi) is 5.59. The fourth-order valence-electron chi connectivity index (χ4n) is 4.34. The van der Waals surface area contributed by atoms with Crippen molar-refractivity contribution in [2.75, 3.05) is 47.4 Å². The predicted molar refractivity (Wildman–Crippen MR) is 97.3 cm³/mol. The van der Waals surface area contributed by atoms with Gasteiger partial charge in [0.2, 0.25) is 0 Å². The highest BCUT2D eigenvalue weighted by Crippen LogP contribution is 2.44. The minimum Gasteiger partial charge on any atom is -0.383 e. The van der Waals surface area contributed by atoms with Gasteiger partial charge >= 0.3 is 6.03 Å². The summed E-state index contributed by atoms with van der Waals surface area (Å²) in [5.74, 6) is 0. The SMILES string of the molecule is COC[C@@H]1CC2(CCN(C(=O)N(C)C)CC2)CN1Cc1ccncc1. The number of methoxy groups -OCH3 is 1. The molecule has 0 aliphatic carbocycles. The van der Waals surface area contributed by atoms with E-state index in [9.17, 15) is 4.79 Å². The highest BCUT2D eigenvalue weighted by molar-refractivity contribution is 5.73. The summed E-state index contributed by atoms with van der Waals surface area (Å²) >= 11 is 0. The molecule has 2 aliphatic heterocycles. The van der Waals surface area contributed by atoms with Gasteiger partial charge in [-0.15, -0.1) is 0 Å². The van der Waals surface area contributed by atoms with Crippen LogP contribution < -0.4 is 0 Å². The topological polar surface area (TPSA) is 48.9 Å². The third kappa shape index (κ3) is 4.12. The Morgan fingerprint density at radius 3 is 2.60 bits per heavy atom. The first kappa shape index (κ1) is 18.1. The Morgan fingerprint density at radius 1 is 1.32 bits per heavy atom. The number of carbonyl (C=O) groups excluding carboxylic acids is 1. The highest BCUT2D eigenvalue weighted by Gasteiger charge is 2.45. The number of rotatable bonds is 4. The van der Waals surface area contributed by atoms with E-state index in [1.807, 2.05) is 31.4 Å². The number of urea groups is 1. The monoisotopic (exact) mass is 346 g/mol. The van der Waals surface area contributed by atoms with Crippen molar-refractivity contribution in [3.8, 4) is 0 Å². The van der Waals surface area contributed by atoms with Crippen LogP contribution in [0.25, 0.3) is 0 Å². The van der Waals surface area contributed by atoms with E-state index in [0.717, 1.165) is 52.0 Å². The molecule has 1 aromatic heterocycles. The Labute approximate surface area is 150 Å². The molecule has 3 rings (SSSR count). The van der Waals surface area contributed by atoms with Crippen LogP contribution in [0, 0.1) is 5.41 Å². The van der Waals surface area contributed by atoms with Gasteiger partial charge in [-0.3, -0.25) is 9.88 Å². The van der Waals surface area contributed by atoms with Crippen molar-refractivity contribution >= 4 is 6.03 Å². The van der Waals surface area contributed by atoms with E-state index in [-0.39, 0.29) is 6.03 Å². The van der Waals surface area contributed by atoms with Crippen LogP contribution in [0.5, 0.6) is 0 Å². The van der Waals surface area contributed by atoms with Crippen LogP contribution in [-0.2, 0) is 11.3 Å². The van der Waals surface area contributed by atoms with Gasteiger partial charge in [0.05, 0.1) is 6.61 Å². The molecule has 0 saturated carbocycles. The molecule has 0 bridgehead atoms. The van der Waals surface area contributed by atoms with E-state index in [4.69, 9.17) is 4.74 Å². The summed E-state index contributed by atoms with van der Waals surface area (Å²) in [7, 11) is 5.44. The molecule has 6 heteroatoms. The quantitative estimate of drug-likeness (QED) is 0.837. The lowest BCUT2D eigenvalue weighted by Gasteiger charge is -2.40. The maximum absolute atomic E-state index is 12.2. The number of pyridine rings is 1. The number of hydrogen-bond acceptors (Lipinski definition) is 4. The van der Waals surface area contributed by atoms with Crippen molar-refractivity contribution < 1.29 is 9.53 Å². The van der Waals surface area contributed by atoms with Crippen molar-refractivity contribution in [2.24, 2.45) is 5.41 Å². The zero-order valence-electron chi connectivity index (χ0n) is 15.6. The standard InChI is InChI=1S/C19H30N4O2/c1-21(2)18(24)22-10-6-19(7-11-22)12-17(14-25-3)23(15-19)13-16-4-8-20-9-5-16/h4-5,8-9,17H,6-7,10-15H2,1-3H3/t17-/m0/s1. The number of aromatic nitrogens is 1. The number of hydrogen-bond donors (Lipinski definition) is 0. The van der Waals surface area contributed by atoms with Crippen LogP contribution in [-0.4, -0.2) is 79.2 Å². The second kappa shape index (κ2) is 7.70. The average Bonchev–Trinajstić information content (AvgIpc) is 2.93. The van der Waals surface area contributed by atoms with E-state index >= 15 is 0 Å². The Morgan fingerprint density at radius 2 is 2.00 bits per heavy atom. The summed E-state index contributed by atoms with van der Waals surface area (Å²) in [5.41, 5.74) is 1.62. The minimum atomic E-state index is 0.134. The van der Waals surface area contributed by atoms with Crippen molar-refractivity contribution in [3.05, 3.63) is 30.1 Å². The van der Waals surface area contributed by atoms with Gasteiger partial charge in [-0.25, -0.2) is 4.79 Å². The summed E-state index contributed by atoms with van der Waals surface area (Å²) < 4.78 is 5.49. The third-order valence-electron chi connectivity index (χ3n) is 5.69. The molecule has 2 aliphatic rings. The van der Waals surface area contributed by atoms with Gasteiger partial charge in [0.1, 0.15) is 0 Å². The van der Waals surface area contributed by atoms with Crippen LogP contribution in [0.3, 0.4) is 0 Å². The van der Waals surface area contributed by atoms with Gasteiger partial charge in [0.15, 0.2) is 0 Å². The van der Waals surface area contributed by atoms with Crippen LogP contribution in [0.2, 0.25) is 0 Å². The van der Waals surface area contributed by atoms with Gasteiger partial charge in [-0.05, 0) is 42.4 Å². The summed E-state index contributed by atoms with van der Waals surface area (Å²) in [6, 6.07) is 4.77. The molecular weight excluding hydrogens is 316 g/mol. The van der Waals surface area contributed by atoms with Gasteiger partial charge in [0.25, 0.3) is 0 Å². The Hall–Kier alpha value is -1.66. The number of ether oxygens (including phenoxy) is 1. The summed E-state index contributed by atoms with van der Waals surface area (Å²) in [6.07, 6.45) is 7.05. The van der Waals surface area contributed by atoms with E-state index < -0.39 is 0 Å². The smallest absolute Gasteiger partial charge is 0.319 e. The summed E-state index contributed by atoms with van der Waals surface area (Å²) in [4.78, 5) is 22.5. The molecule has 0 radical (unpaired) electrons. The number of carbonyl (C=O) groups is 1. The molecule has 0 unspecified atom stereocenters. The van der Waals surface area contributed by atoms with E-state index in [0.29, 0.717) is 11.5 Å². The van der Waals surface area contributed by atoms with Crippen LogP contribution in [0.4, 0.5) is 4.79 Å². The molecule has 1 spiro atoms. The molecule has 2 saturated heterocycles. The normalized spacial score (nSPS) is 23.2. The number of likely N-dealkylation sites (tertiary alicyclic amines) is 2. The highest BCUT2D eigenvalue weighted by atomic mass is 16.5. The van der Waals surface area contributed by atoms with Gasteiger partial charge in [0, 0.05) is 65.8 Å². The molecule has 3 heterocycles. The fourth-order valence-corrected chi connectivity index (χ4v) is 4.34. The van der Waals surface area contributed by atoms with E-state index in [1.54, 1.807) is 12.0 Å². The Bertz CT molecular complexity index is 570. The fraction of sp³-hybridized carbons (Fsp3) is 0.684. The van der Waals surface area contributed by atoms with Crippen molar-refractivity contribution in [1.82, 2.24) is 19.7 Å². The van der Waals surface area contributed by atoms with Crippen molar-refractivity contribution in [3.63, 3.8) is 0 Å². The summed E-state index contributed by atoms with van der Waals surface area (Å²) in [5, 5.41) is 0. The van der Waals surface area contributed by atoms with E-state index in [2.05, 4.69) is 22.0 Å². The van der Waals surface area contributed by atoms with Crippen LogP contribution in [0.15, 0.2) is 24.5 Å². The molecule has 1 atom stereocenters. The second-order valence-corrected chi connectivity index (χ2v) is 7.74. The summed E-state index contributed by atoms with van der Waals surface area (Å²) in [6.45, 7) is 4.53. The number of amides is 2. The zero-order valence-corrected chi connectivity index (χ0v) is 15.6. The number of piperidine rings is 1. The minimum absolute atomic E-state index is 0.134. The maximum atomic E-state index is 12.2. The van der Waals surface area contributed by atoms with Crippen LogP contribution >= 0.6 is 0 Å². The second-order valence-electron chi connectivity index (χ2n) is 7.74. The van der Waals surface area contributed by atoms with Gasteiger partial charge < -0.3 is 14.5 Å². The molecule has 138 valence electrons. The Balaban J connectivity index is 1.65. The lowest BCUT2D eigenvalue weighted by atomic mass is 9.76. The molecule has 1 aromatic rings. The predicted octanol–water partition coefficient (Wildman–Crippen LogP) is 2.07. The lowest BCUT2D eigenvalue weighted by Crippen LogP contribution is -2.47. The molecule has 0 aromatic carbocycles. The average molecular weight is 346 g/mol. The first-order valence-corrected chi connectivity index (χ1v) is 9.11. The molecular formula is C19H30N4O2. The maximum Gasteiger partial charge on any atom is 0.319 e. The van der Waals surface area contributed by atoms with Crippen LogP contribution in [0.1, 0.15) is 24.8 Å². The molecule has 2 fully saturated rings. The third-order valence-corrected chi connectivity index (χ3v) is 5.69. The van der Waals surface area contributed by atoms with Crippen molar-refractivity contribution in [1.29, 1.82) is 0 Å². The first-order valence-electron chi connectivity index (χ1n) is 9.11. The molecule has 2 amide bonds. The van der Waals surface area contributed by atoms with Gasteiger partial charge in [-0.2, -0.15) is 0 Å². The first-order chi connectivity index (χ1) is 12.0. The zero-order chi connectivity index (χ0) is 17.9. The largest absolute Gasteiger partial charge is 0.383 e. The van der Waals surface area contributed by atoms with Gasteiger partial charge in [-0.1, -0.05) is 0 Å². The number of nitrogens with zero attached hydrogens (tertiary/aromatic N) is 4. The molecule has 6 nitrogen and oxygen atoms in total.